The third kappa shape index (κ3) is 4.55. The van der Waals surface area contributed by atoms with Crippen LogP contribution in [-0.4, -0.2) is 30.6 Å². The summed E-state index contributed by atoms with van der Waals surface area (Å²) in [6, 6.07) is 10.4. The summed E-state index contributed by atoms with van der Waals surface area (Å²) in [5.41, 5.74) is 2.86. The molecule has 1 heterocycles. The number of likely N-dealkylation sites (tertiary alicyclic amines) is 1. The molecule has 0 spiro atoms. The van der Waals surface area contributed by atoms with Crippen molar-refractivity contribution in [3.63, 3.8) is 0 Å². The highest BCUT2D eigenvalue weighted by molar-refractivity contribution is 5.27. The van der Waals surface area contributed by atoms with Crippen LogP contribution in [0.15, 0.2) is 24.3 Å². The summed E-state index contributed by atoms with van der Waals surface area (Å²) in [6.45, 7) is 12.5. The summed E-state index contributed by atoms with van der Waals surface area (Å²) in [7, 11) is 0. The minimum Gasteiger partial charge on any atom is -0.309 e. The van der Waals surface area contributed by atoms with Gasteiger partial charge in [-0.2, -0.15) is 0 Å². The molecule has 118 valence electrons. The lowest BCUT2D eigenvalue weighted by Crippen LogP contribution is -2.43. The zero-order chi connectivity index (χ0) is 15.2. The standard InChI is InChI=1S/C19H32N2/c1-5-20-19(14-21-13-7-6-8-16(21)4)18-11-9-17(10-12-18)15(2)3/h9-12,15-16,19-20H,5-8,13-14H2,1-4H3. The number of hydrogen-bond donors (Lipinski definition) is 1. The Balaban J connectivity index is 2.06. The molecule has 1 aromatic carbocycles. The van der Waals surface area contributed by atoms with Crippen LogP contribution in [0.3, 0.4) is 0 Å². The number of likely N-dealkylation sites (N-methyl/N-ethyl adjacent to an activating group) is 1. The van der Waals surface area contributed by atoms with Gasteiger partial charge in [0.15, 0.2) is 0 Å². The maximum Gasteiger partial charge on any atom is 0.0449 e. The van der Waals surface area contributed by atoms with Gasteiger partial charge in [-0.3, -0.25) is 4.90 Å². The average molecular weight is 288 g/mol. The highest BCUT2D eigenvalue weighted by Gasteiger charge is 2.22. The molecule has 2 heteroatoms. The van der Waals surface area contributed by atoms with E-state index in [1.165, 1.54) is 36.9 Å². The van der Waals surface area contributed by atoms with Crippen molar-refractivity contribution < 1.29 is 0 Å². The zero-order valence-electron chi connectivity index (χ0n) is 14.2. The van der Waals surface area contributed by atoms with E-state index in [0.29, 0.717) is 12.0 Å². The maximum absolute atomic E-state index is 3.67. The van der Waals surface area contributed by atoms with Gasteiger partial charge in [0.1, 0.15) is 0 Å². The summed E-state index contributed by atoms with van der Waals surface area (Å²) in [5, 5.41) is 3.67. The molecule has 2 rings (SSSR count). The van der Waals surface area contributed by atoms with Gasteiger partial charge in [0, 0.05) is 18.6 Å². The largest absolute Gasteiger partial charge is 0.309 e. The molecule has 0 bridgehead atoms. The molecule has 0 aliphatic carbocycles. The predicted molar refractivity (Wildman–Crippen MR) is 91.8 cm³/mol. The Morgan fingerprint density at radius 2 is 1.81 bits per heavy atom. The van der Waals surface area contributed by atoms with Gasteiger partial charge in [-0.15, -0.1) is 0 Å². The lowest BCUT2D eigenvalue weighted by Gasteiger charge is -2.36. The van der Waals surface area contributed by atoms with Crippen LogP contribution in [0.4, 0.5) is 0 Å². The highest BCUT2D eigenvalue weighted by atomic mass is 15.2. The van der Waals surface area contributed by atoms with Gasteiger partial charge in [0.2, 0.25) is 0 Å². The van der Waals surface area contributed by atoms with Crippen LogP contribution in [0.5, 0.6) is 0 Å². The topological polar surface area (TPSA) is 15.3 Å². The summed E-state index contributed by atoms with van der Waals surface area (Å²) < 4.78 is 0. The molecular formula is C19H32N2. The van der Waals surface area contributed by atoms with Crippen molar-refractivity contribution in [3.05, 3.63) is 35.4 Å². The Hall–Kier alpha value is -0.860. The zero-order valence-corrected chi connectivity index (χ0v) is 14.2. The van der Waals surface area contributed by atoms with Gasteiger partial charge >= 0.3 is 0 Å². The second-order valence-electron chi connectivity index (χ2n) is 6.77. The number of piperidine rings is 1. The fourth-order valence-corrected chi connectivity index (χ4v) is 3.31. The molecule has 1 aliphatic heterocycles. The van der Waals surface area contributed by atoms with Crippen LogP contribution in [-0.2, 0) is 0 Å². The van der Waals surface area contributed by atoms with Crippen molar-refractivity contribution in [2.45, 2.75) is 65.0 Å². The molecule has 0 aromatic heterocycles. The number of nitrogens with zero attached hydrogens (tertiary/aromatic N) is 1. The molecule has 2 nitrogen and oxygen atoms in total. The van der Waals surface area contributed by atoms with E-state index in [-0.39, 0.29) is 0 Å². The molecule has 0 amide bonds. The van der Waals surface area contributed by atoms with Crippen molar-refractivity contribution in [2.75, 3.05) is 19.6 Å². The van der Waals surface area contributed by atoms with Gasteiger partial charge < -0.3 is 5.32 Å². The quantitative estimate of drug-likeness (QED) is 0.838. The summed E-state index contributed by atoms with van der Waals surface area (Å²) in [4.78, 5) is 2.66. The van der Waals surface area contributed by atoms with Crippen molar-refractivity contribution >= 4 is 0 Å². The molecule has 1 aliphatic rings. The Morgan fingerprint density at radius 1 is 1.14 bits per heavy atom. The second-order valence-corrected chi connectivity index (χ2v) is 6.77. The first-order chi connectivity index (χ1) is 10.1. The first kappa shape index (κ1) is 16.5. The van der Waals surface area contributed by atoms with Crippen molar-refractivity contribution in [1.82, 2.24) is 10.2 Å². The molecule has 0 saturated carbocycles. The van der Waals surface area contributed by atoms with Crippen molar-refractivity contribution in [1.29, 1.82) is 0 Å². The average Bonchev–Trinajstić information content (AvgIpc) is 2.49. The molecule has 1 aromatic rings. The fraction of sp³-hybridized carbons (Fsp3) is 0.684. The van der Waals surface area contributed by atoms with Gasteiger partial charge in [0.25, 0.3) is 0 Å². The third-order valence-corrected chi connectivity index (χ3v) is 4.81. The summed E-state index contributed by atoms with van der Waals surface area (Å²) in [6.07, 6.45) is 4.10. The lowest BCUT2D eigenvalue weighted by atomic mass is 9.97. The fourth-order valence-electron chi connectivity index (χ4n) is 3.31. The van der Waals surface area contributed by atoms with E-state index in [9.17, 15) is 0 Å². The smallest absolute Gasteiger partial charge is 0.0449 e. The van der Waals surface area contributed by atoms with Gasteiger partial charge in [-0.05, 0) is 49.9 Å². The van der Waals surface area contributed by atoms with E-state index in [4.69, 9.17) is 0 Å². The van der Waals surface area contributed by atoms with E-state index in [2.05, 4.69) is 62.2 Å². The predicted octanol–water partition coefficient (Wildman–Crippen LogP) is 4.34. The minimum absolute atomic E-state index is 0.455. The molecular weight excluding hydrogens is 256 g/mol. The number of nitrogens with one attached hydrogen (secondary N) is 1. The van der Waals surface area contributed by atoms with Gasteiger partial charge in [-0.1, -0.05) is 51.5 Å². The van der Waals surface area contributed by atoms with E-state index < -0.39 is 0 Å². The Kier molecular flexibility index (Phi) is 6.25. The lowest BCUT2D eigenvalue weighted by molar-refractivity contribution is 0.144. The Morgan fingerprint density at radius 3 is 2.38 bits per heavy atom. The number of rotatable bonds is 6. The Labute approximate surface area is 130 Å². The van der Waals surface area contributed by atoms with Crippen LogP contribution >= 0.6 is 0 Å². The van der Waals surface area contributed by atoms with Crippen LogP contribution in [0, 0.1) is 0 Å². The van der Waals surface area contributed by atoms with Gasteiger partial charge in [0.05, 0.1) is 0 Å². The van der Waals surface area contributed by atoms with Crippen molar-refractivity contribution in [3.8, 4) is 0 Å². The first-order valence-corrected chi connectivity index (χ1v) is 8.69. The molecule has 1 fully saturated rings. The SMILES string of the molecule is CCNC(CN1CCCCC1C)c1ccc(C(C)C)cc1. The number of hydrogen-bond acceptors (Lipinski definition) is 2. The minimum atomic E-state index is 0.455. The van der Waals surface area contributed by atoms with Gasteiger partial charge in [-0.25, -0.2) is 0 Å². The molecule has 1 N–H and O–H groups in total. The molecule has 0 radical (unpaired) electrons. The molecule has 21 heavy (non-hydrogen) atoms. The molecule has 1 saturated heterocycles. The normalized spacial score (nSPS) is 21.7. The van der Waals surface area contributed by atoms with E-state index in [1.807, 2.05) is 0 Å². The molecule has 2 unspecified atom stereocenters. The summed E-state index contributed by atoms with van der Waals surface area (Å²) in [5.74, 6) is 0.610. The third-order valence-electron chi connectivity index (χ3n) is 4.81. The Bertz CT molecular complexity index is 410. The first-order valence-electron chi connectivity index (χ1n) is 8.69. The van der Waals surface area contributed by atoms with Crippen LogP contribution in [0.25, 0.3) is 0 Å². The maximum atomic E-state index is 3.67. The number of benzene rings is 1. The molecule has 2 atom stereocenters. The highest BCUT2D eigenvalue weighted by Crippen LogP contribution is 2.23. The van der Waals surface area contributed by atoms with Crippen molar-refractivity contribution in [2.24, 2.45) is 0 Å². The van der Waals surface area contributed by atoms with E-state index in [0.717, 1.165) is 19.1 Å². The van der Waals surface area contributed by atoms with E-state index in [1.54, 1.807) is 0 Å². The second kappa shape index (κ2) is 7.95. The van der Waals surface area contributed by atoms with Crippen LogP contribution < -0.4 is 5.32 Å². The summed E-state index contributed by atoms with van der Waals surface area (Å²) >= 11 is 0. The van der Waals surface area contributed by atoms with Crippen LogP contribution in [0.2, 0.25) is 0 Å². The van der Waals surface area contributed by atoms with Crippen LogP contribution in [0.1, 0.15) is 70.0 Å². The monoisotopic (exact) mass is 288 g/mol. The van der Waals surface area contributed by atoms with E-state index >= 15 is 0 Å².